The zero-order chi connectivity index (χ0) is 22.6. The Morgan fingerprint density at radius 1 is 1.25 bits per heavy atom. The Hall–Kier alpha value is -2.96. The van der Waals surface area contributed by atoms with Crippen LogP contribution >= 0.6 is 0 Å². The largest absolute Gasteiger partial charge is 0.366 e. The fourth-order valence-corrected chi connectivity index (χ4v) is 6.05. The van der Waals surface area contributed by atoms with Gasteiger partial charge in [-0.15, -0.1) is 0 Å². The monoisotopic (exact) mass is 436 g/mol. The number of nitrogens with zero attached hydrogens (tertiary/aromatic N) is 4. The van der Waals surface area contributed by atoms with Crippen LogP contribution in [0.3, 0.4) is 0 Å². The molecule has 3 amide bonds. The van der Waals surface area contributed by atoms with Gasteiger partial charge in [-0.2, -0.15) is 5.26 Å². The van der Waals surface area contributed by atoms with Crippen LogP contribution in [-0.2, 0) is 16.0 Å². The van der Waals surface area contributed by atoms with Gasteiger partial charge < -0.3 is 21.3 Å². The van der Waals surface area contributed by atoms with Gasteiger partial charge in [0.15, 0.2) is 0 Å². The lowest BCUT2D eigenvalue weighted by atomic mass is 10.0. The number of nitrogens with two attached hydrogens (primary N) is 2. The second-order valence-electron chi connectivity index (χ2n) is 9.36. The molecule has 9 heteroatoms. The maximum atomic E-state index is 13.3. The summed E-state index contributed by atoms with van der Waals surface area (Å²) in [5.41, 5.74) is 14.3. The molecular weight excluding hydrogens is 408 g/mol. The van der Waals surface area contributed by atoms with Crippen molar-refractivity contribution in [3.8, 4) is 6.07 Å². The van der Waals surface area contributed by atoms with Crippen molar-refractivity contribution in [1.29, 1.82) is 5.26 Å². The number of amides is 3. The highest BCUT2D eigenvalue weighted by Gasteiger charge is 2.53. The lowest BCUT2D eigenvalue weighted by molar-refractivity contribution is -0.141. The van der Waals surface area contributed by atoms with E-state index in [0.717, 1.165) is 36.8 Å². The standard InChI is InChI=1S/C23H28N6O3/c24-10-15-2-1-7-28(15)22(31)18(25)12-27-11-16-9-20(27)23(32)29(16)19-6-4-13-8-14(21(26)30)3-5-17(13)19/h3,5,8,15-16,18-20H,1-2,4,6-7,9,11-12,25H2,(H2,26,30)/t15?,16-,18?,19-,20-/m0/s1. The molecule has 1 aliphatic carbocycles. The van der Waals surface area contributed by atoms with Crippen molar-refractivity contribution in [2.45, 2.75) is 62.3 Å². The van der Waals surface area contributed by atoms with E-state index in [1.165, 1.54) is 0 Å². The number of benzene rings is 1. The third-order valence-corrected chi connectivity index (χ3v) is 7.56. The molecular formula is C23H28N6O3. The molecule has 1 aromatic rings. The van der Waals surface area contributed by atoms with Gasteiger partial charge in [-0.3, -0.25) is 19.3 Å². The van der Waals surface area contributed by atoms with E-state index < -0.39 is 18.0 Å². The number of hydrogen-bond acceptors (Lipinski definition) is 6. The number of carbonyl (C=O) groups is 3. The maximum Gasteiger partial charge on any atom is 0.248 e. The van der Waals surface area contributed by atoms with E-state index in [9.17, 15) is 19.6 Å². The van der Waals surface area contributed by atoms with Gasteiger partial charge in [0.2, 0.25) is 17.7 Å². The summed E-state index contributed by atoms with van der Waals surface area (Å²) in [7, 11) is 0. The van der Waals surface area contributed by atoms with Crippen LogP contribution in [0.15, 0.2) is 18.2 Å². The van der Waals surface area contributed by atoms with Crippen LogP contribution in [0.4, 0.5) is 0 Å². The molecule has 3 saturated heterocycles. The van der Waals surface area contributed by atoms with Gasteiger partial charge in [-0.25, -0.2) is 0 Å². The van der Waals surface area contributed by atoms with Crippen LogP contribution in [-0.4, -0.2) is 76.2 Å². The first-order valence-electron chi connectivity index (χ1n) is 11.3. The summed E-state index contributed by atoms with van der Waals surface area (Å²) in [6.07, 6.45) is 3.93. The third kappa shape index (κ3) is 3.26. The molecule has 168 valence electrons. The highest BCUT2D eigenvalue weighted by Crippen LogP contribution is 2.44. The van der Waals surface area contributed by atoms with Crippen molar-refractivity contribution in [3.05, 3.63) is 34.9 Å². The normalized spacial score (nSPS) is 29.9. The van der Waals surface area contributed by atoms with Crippen molar-refractivity contribution in [2.24, 2.45) is 11.5 Å². The molecule has 0 aromatic heterocycles. The third-order valence-electron chi connectivity index (χ3n) is 7.56. The Bertz CT molecular complexity index is 1020. The Balaban J connectivity index is 1.25. The first kappa shape index (κ1) is 20.9. The SMILES string of the molecule is N#CC1CCCN1C(=O)C(N)CN1C[C@@H]2C[C@H]1C(=O)N2[C@H]1CCc2cc(C(N)=O)ccc21. The highest BCUT2D eigenvalue weighted by atomic mass is 16.2. The molecule has 0 spiro atoms. The van der Waals surface area contributed by atoms with Crippen LogP contribution in [0.1, 0.15) is 53.2 Å². The predicted octanol–water partition coefficient (Wildman–Crippen LogP) is -0.100. The Morgan fingerprint density at radius 2 is 2.06 bits per heavy atom. The number of aryl methyl sites for hydroxylation is 1. The van der Waals surface area contributed by atoms with E-state index in [1.807, 2.05) is 21.9 Å². The molecule has 5 rings (SSSR count). The Morgan fingerprint density at radius 3 is 2.78 bits per heavy atom. The number of primary amides is 1. The molecule has 0 saturated carbocycles. The quantitative estimate of drug-likeness (QED) is 0.661. The van der Waals surface area contributed by atoms with E-state index in [2.05, 4.69) is 6.07 Å². The molecule has 3 fully saturated rings. The molecule has 2 unspecified atom stereocenters. The summed E-state index contributed by atoms with van der Waals surface area (Å²) in [6.45, 7) is 1.60. The lowest BCUT2D eigenvalue weighted by Gasteiger charge is -2.38. The summed E-state index contributed by atoms with van der Waals surface area (Å²) in [6, 6.07) is 6.44. The van der Waals surface area contributed by atoms with Crippen molar-refractivity contribution in [1.82, 2.24) is 14.7 Å². The average molecular weight is 437 g/mol. The topological polar surface area (TPSA) is 137 Å². The zero-order valence-electron chi connectivity index (χ0n) is 17.9. The lowest BCUT2D eigenvalue weighted by Crippen LogP contribution is -2.56. The Labute approximate surface area is 186 Å². The van der Waals surface area contributed by atoms with E-state index in [1.54, 1.807) is 11.0 Å². The summed E-state index contributed by atoms with van der Waals surface area (Å²) in [5, 5.41) is 9.25. The van der Waals surface area contributed by atoms with Crippen molar-refractivity contribution in [2.75, 3.05) is 19.6 Å². The minimum Gasteiger partial charge on any atom is -0.366 e. The zero-order valence-corrected chi connectivity index (χ0v) is 17.9. The van der Waals surface area contributed by atoms with Crippen LogP contribution in [0.5, 0.6) is 0 Å². The second-order valence-corrected chi connectivity index (χ2v) is 9.36. The smallest absolute Gasteiger partial charge is 0.248 e. The van der Waals surface area contributed by atoms with Gasteiger partial charge in [-0.05, 0) is 55.4 Å². The van der Waals surface area contributed by atoms with Gasteiger partial charge in [-0.1, -0.05) is 6.07 Å². The molecule has 2 bridgehead atoms. The van der Waals surface area contributed by atoms with Crippen molar-refractivity contribution in [3.63, 3.8) is 0 Å². The van der Waals surface area contributed by atoms with E-state index in [-0.39, 0.29) is 29.9 Å². The van der Waals surface area contributed by atoms with Crippen LogP contribution in [0.25, 0.3) is 0 Å². The fraction of sp³-hybridized carbons (Fsp3) is 0.565. The van der Waals surface area contributed by atoms with Gasteiger partial charge in [0.05, 0.1) is 24.2 Å². The number of fused-ring (bicyclic) bond motifs is 3. The molecule has 9 nitrogen and oxygen atoms in total. The number of carbonyl (C=O) groups excluding carboxylic acids is 3. The molecule has 4 aliphatic rings. The van der Waals surface area contributed by atoms with Crippen LogP contribution in [0.2, 0.25) is 0 Å². The minimum atomic E-state index is -0.732. The Kier molecular flexibility index (Phi) is 5.14. The van der Waals surface area contributed by atoms with Crippen LogP contribution in [0, 0.1) is 11.3 Å². The van der Waals surface area contributed by atoms with Gasteiger partial charge >= 0.3 is 0 Å². The van der Waals surface area contributed by atoms with Crippen molar-refractivity contribution < 1.29 is 14.4 Å². The number of nitriles is 1. The number of likely N-dealkylation sites (tertiary alicyclic amines) is 3. The second kappa shape index (κ2) is 7.87. The number of hydrogen-bond donors (Lipinski definition) is 2. The van der Waals surface area contributed by atoms with Crippen LogP contribution < -0.4 is 11.5 Å². The first-order chi connectivity index (χ1) is 15.4. The minimum absolute atomic E-state index is 0.0212. The first-order valence-corrected chi connectivity index (χ1v) is 11.3. The average Bonchev–Trinajstić information content (AvgIpc) is 3.55. The molecule has 1 aromatic carbocycles. The summed E-state index contributed by atoms with van der Waals surface area (Å²) in [5.74, 6) is -0.547. The summed E-state index contributed by atoms with van der Waals surface area (Å²) < 4.78 is 0. The molecule has 3 aliphatic heterocycles. The molecule has 5 atom stereocenters. The van der Waals surface area contributed by atoms with Gasteiger partial charge in [0.25, 0.3) is 0 Å². The molecule has 32 heavy (non-hydrogen) atoms. The maximum absolute atomic E-state index is 13.3. The predicted molar refractivity (Wildman–Crippen MR) is 115 cm³/mol. The summed E-state index contributed by atoms with van der Waals surface area (Å²) in [4.78, 5) is 43.2. The molecule has 3 heterocycles. The highest BCUT2D eigenvalue weighted by molar-refractivity contribution is 5.93. The van der Waals surface area contributed by atoms with E-state index in [4.69, 9.17) is 11.5 Å². The number of piperazine rings is 1. The van der Waals surface area contributed by atoms with Gasteiger partial charge in [0, 0.05) is 31.2 Å². The fourth-order valence-electron chi connectivity index (χ4n) is 6.05. The van der Waals surface area contributed by atoms with Gasteiger partial charge in [0.1, 0.15) is 6.04 Å². The summed E-state index contributed by atoms with van der Waals surface area (Å²) >= 11 is 0. The molecule has 0 radical (unpaired) electrons. The number of rotatable bonds is 5. The van der Waals surface area contributed by atoms with E-state index >= 15 is 0 Å². The van der Waals surface area contributed by atoms with Crippen molar-refractivity contribution >= 4 is 17.7 Å². The molecule has 4 N–H and O–H groups in total. The van der Waals surface area contributed by atoms with E-state index in [0.29, 0.717) is 31.6 Å².